The summed E-state index contributed by atoms with van der Waals surface area (Å²) in [6.07, 6.45) is -3.08. The summed E-state index contributed by atoms with van der Waals surface area (Å²) in [5.41, 5.74) is 0.124. The molecule has 0 unspecified atom stereocenters. The van der Waals surface area contributed by atoms with E-state index in [1.807, 2.05) is 25.1 Å². The number of amides is 2. The molecule has 0 bridgehead atoms. The first-order chi connectivity index (χ1) is 18.9. The molecule has 3 aromatic rings. The van der Waals surface area contributed by atoms with Gasteiger partial charge in [0.1, 0.15) is 12.6 Å². The predicted octanol–water partition coefficient (Wildman–Crippen LogP) is 4.64. The van der Waals surface area contributed by atoms with Crippen LogP contribution in [0.15, 0.2) is 84.9 Å². The molecule has 3 rings (SSSR count). The molecule has 0 spiro atoms. The van der Waals surface area contributed by atoms with Crippen LogP contribution in [0.4, 0.5) is 18.9 Å². The number of anilines is 1. The number of carbonyl (C=O) groups is 2. The van der Waals surface area contributed by atoms with Gasteiger partial charge in [-0.15, -0.1) is 0 Å². The van der Waals surface area contributed by atoms with E-state index in [2.05, 4.69) is 5.32 Å². The van der Waals surface area contributed by atoms with Gasteiger partial charge in [0.25, 0.3) is 0 Å². The van der Waals surface area contributed by atoms with Crippen LogP contribution in [0, 0.1) is 0 Å². The molecule has 1 atom stereocenters. The Balaban J connectivity index is 2.04. The van der Waals surface area contributed by atoms with E-state index in [1.165, 1.54) is 11.0 Å². The minimum Gasteiger partial charge on any atom is -0.354 e. The molecule has 3 aromatic carbocycles. The van der Waals surface area contributed by atoms with E-state index in [0.29, 0.717) is 28.9 Å². The second-order valence-electron chi connectivity index (χ2n) is 9.32. The van der Waals surface area contributed by atoms with Gasteiger partial charge in [-0.3, -0.25) is 13.9 Å². The highest BCUT2D eigenvalue weighted by Crippen LogP contribution is 2.32. The number of alkyl halides is 3. The number of carbonyl (C=O) groups excluding carboxylic acids is 2. The van der Waals surface area contributed by atoms with Crippen molar-refractivity contribution in [2.45, 2.75) is 38.5 Å². The highest BCUT2D eigenvalue weighted by molar-refractivity contribution is 7.92. The summed E-state index contributed by atoms with van der Waals surface area (Å²) < 4.78 is 66.2. The molecular weight excluding hydrogens is 543 g/mol. The van der Waals surface area contributed by atoms with Gasteiger partial charge in [0.15, 0.2) is 0 Å². The number of hydrogen-bond acceptors (Lipinski definition) is 4. The van der Waals surface area contributed by atoms with Gasteiger partial charge in [-0.2, -0.15) is 13.2 Å². The lowest BCUT2D eigenvalue weighted by Gasteiger charge is -2.33. The first-order valence-corrected chi connectivity index (χ1v) is 14.5. The first-order valence-electron chi connectivity index (χ1n) is 12.7. The van der Waals surface area contributed by atoms with Crippen molar-refractivity contribution >= 4 is 27.5 Å². The zero-order chi connectivity index (χ0) is 29.3. The maximum absolute atomic E-state index is 13.9. The number of rotatable bonds is 12. The summed E-state index contributed by atoms with van der Waals surface area (Å²) in [5, 5.41) is 2.82. The van der Waals surface area contributed by atoms with Crippen LogP contribution in [-0.2, 0) is 38.8 Å². The van der Waals surface area contributed by atoms with Gasteiger partial charge in [0.2, 0.25) is 21.8 Å². The maximum atomic E-state index is 13.9. The van der Waals surface area contributed by atoms with Gasteiger partial charge >= 0.3 is 6.18 Å². The normalized spacial score (nSPS) is 12.4. The lowest BCUT2D eigenvalue weighted by atomic mass is 10.0. The molecule has 0 heterocycles. The van der Waals surface area contributed by atoms with Crippen LogP contribution in [0.25, 0.3) is 0 Å². The third kappa shape index (κ3) is 8.57. The van der Waals surface area contributed by atoms with Crippen molar-refractivity contribution in [3.8, 4) is 0 Å². The Morgan fingerprint density at radius 1 is 0.900 bits per heavy atom. The van der Waals surface area contributed by atoms with E-state index in [4.69, 9.17) is 0 Å². The topological polar surface area (TPSA) is 86.8 Å². The third-order valence-corrected chi connectivity index (χ3v) is 7.30. The van der Waals surface area contributed by atoms with Crippen molar-refractivity contribution in [3.63, 3.8) is 0 Å². The van der Waals surface area contributed by atoms with E-state index in [9.17, 15) is 31.2 Å². The molecule has 0 radical (unpaired) electrons. The summed E-state index contributed by atoms with van der Waals surface area (Å²) in [5.74, 6) is -1.15. The number of halogens is 3. The van der Waals surface area contributed by atoms with Crippen molar-refractivity contribution in [1.82, 2.24) is 10.2 Å². The van der Waals surface area contributed by atoms with Crippen molar-refractivity contribution in [3.05, 3.63) is 102 Å². The minimum absolute atomic E-state index is 0.0170. The summed E-state index contributed by atoms with van der Waals surface area (Å²) in [4.78, 5) is 28.6. The Kier molecular flexibility index (Phi) is 10.3. The number of nitrogens with zero attached hydrogens (tertiary/aromatic N) is 2. The van der Waals surface area contributed by atoms with Crippen molar-refractivity contribution in [2.75, 3.05) is 23.7 Å². The Morgan fingerprint density at radius 2 is 1.50 bits per heavy atom. The minimum atomic E-state index is -4.71. The van der Waals surface area contributed by atoms with Gasteiger partial charge in [0.05, 0.1) is 17.5 Å². The standard InChI is InChI=1S/C29H32F3N3O4S/c1-3-17-33-28(37)26(18-22-11-6-4-7-12-22)34(20-23-13-8-5-9-14-23)27(36)21-35(40(2,38)39)25-16-10-15-24(19-25)29(30,31)32/h4-16,19,26H,3,17-18,20-21H2,1-2H3,(H,33,37)/t26-/m0/s1. The average molecular weight is 576 g/mol. The first kappa shape index (κ1) is 30.7. The van der Waals surface area contributed by atoms with Crippen molar-refractivity contribution < 1.29 is 31.2 Å². The highest BCUT2D eigenvalue weighted by Gasteiger charge is 2.34. The lowest BCUT2D eigenvalue weighted by Crippen LogP contribution is -2.53. The Hall–Kier alpha value is -3.86. The summed E-state index contributed by atoms with van der Waals surface area (Å²) in [7, 11) is -4.18. The summed E-state index contributed by atoms with van der Waals surface area (Å²) in [6.45, 7) is 1.45. The number of benzene rings is 3. The van der Waals surface area contributed by atoms with Crippen molar-refractivity contribution in [2.24, 2.45) is 0 Å². The molecule has 214 valence electrons. The third-order valence-electron chi connectivity index (χ3n) is 6.16. The van der Waals surface area contributed by atoms with Crippen LogP contribution in [0.1, 0.15) is 30.0 Å². The van der Waals surface area contributed by atoms with Gasteiger partial charge in [-0.1, -0.05) is 73.7 Å². The van der Waals surface area contributed by atoms with E-state index in [0.717, 1.165) is 24.0 Å². The second-order valence-corrected chi connectivity index (χ2v) is 11.2. The van der Waals surface area contributed by atoms with Crippen LogP contribution in [0.2, 0.25) is 0 Å². The van der Waals surface area contributed by atoms with E-state index in [-0.39, 0.29) is 18.7 Å². The zero-order valence-corrected chi connectivity index (χ0v) is 23.1. The fourth-order valence-corrected chi connectivity index (χ4v) is 4.99. The van der Waals surface area contributed by atoms with Crippen LogP contribution in [0.5, 0.6) is 0 Å². The van der Waals surface area contributed by atoms with E-state index in [1.54, 1.807) is 42.5 Å². The fraction of sp³-hybridized carbons (Fsp3) is 0.310. The molecule has 0 aliphatic heterocycles. The van der Waals surface area contributed by atoms with Crippen molar-refractivity contribution in [1.29, 1.82) is 0 Å². The summed E-state index contributed by atoms with van der Waals surface area (Å²) in [6, 6.07) is 20.7. The quantitative estimate of drug-likeness (QED) is 0.341. The molecule has 0 saturated carbocycles. The molecule has 0 aliphatic carbocycles. The molecule has 7 nitrogen and oxygen atoms in total. The smallest absolute Gasteiger partial charge is 0.354 e. The Labute approximate surface area is 232 Å². The van der Waals surface area contributed by atoms with Gasteiger partial charge in [-0.05, 0) is 35.7 Å². The zero-order valence-electron chi connectivity index (χ0n) is 22.3. The SMILES string of the molecule is CCCNC(=O)[C@H](Cc1ccccc1)N(Cc1ccccc1)C(=O)CN(c1cccc(C(F)(F)F)c1)S(C)(=O)=O. The fourth-order valence-electron chi connectivity index (χ4n) is 4.15. The lowest BCUT2D eigenvalue weighted by molar-refractivity contribution is -0.140. The molecule has 0 fully saturated rings. The molecule has 0 saturated heterocycles. The van der Waals surface area contributed by atoms with Crippen LogP contribution >= 0.6 is 0 Å². The maximum Gasteiger partial charge on any atom is 0.416 e. The van der Waals surface area contributed by atoms with Crippen LogP contribution in [0.3, 0.4) is 0 Å². The summed E-state index contributed by atoms with van der Waals surface area (Å²) >= 11 is 0. The molecule has 11 heteroatoms. The molecule has 0 aromatic heterocycles. The Bertz CT molecular complexity index is 1380. The van der Waals surface area contributed by atoms with Crippen LogP contribution in [-0.4, -0.2) is 50.5 Å². The monoisotopic (exact) mass is 575 g/mol. The van der Waals surface area contributed by atoms with Gasteiger partial charge < -0.3 is 10.2 Å². The van der Waals surface area contributed by atoms with E-state index < -0.39 is 46.2 Å². The van der Waals surface area contributed by atoms with E-state index >= 15 is 0 Å². The number of nitrogens with one attached hydrogen (secondary N) is 1. The predicted molar refractivity (Wildman–Crippen MR) is 148 cm³/mol. The molecular formula is C29H32F3N3O4S. The highest BCUT2D eigenvalue weighted by atomic mass is 32.2. The Morgan fingerprint density at radius 3 is 2.05 bits per heavy atom. The molecule has 1 N–H and O–H groups in total. The largest absolute Gasteiger partial charge is 0.416 e. The van der Waals surface area contributed by atoms with Gasteiger partial charge in [0, 0.05) is 19.5 Å². The van der Waals surface area contributed by atoms with Gasteiger partial charge in [-0.25, -0.2) is 8.42 Å². The van der Waals surface area contributed by atoms with Crippen LogP contribution < -0.4 is 9.62 Å². The molecule has 40 heavy (non-hydrogen) atoms. The molecule has 0 aliphatic rings. The second kappa shape index (κ2) is 13.5. The average Bonchev–Trinajstić information content (AvgIpc) is 2.92. The molecule has 2 amide bonds. The number of sulfonamides is 1. The number of hydrogen-bond donors (Lipinski definition) is 1.